The molecule has 1 aromatic carbocycles. The lowest BCUT2D eigenvalue weighted by molar-refractivity contribution is -0.163. The maximum absolute atomic E-state index is 12.6. The van der Waals surface area contributed by atoms with Crippen LogP contribution in [-0.2, 0) is 12.4 Å². The minimum absolute atomic E-state index is 0.220. The lowest BCUT2D eigenvalue weighted by atomic mass is 10.1. The molecule has 1 rings (SSSR count). The van der Waals surface area contributed by atoms with Gasteiger partial charge < -0.3 is 5.11 Å². The second-order valence-corrected chi connectivity index (χ2v) is 3.85. The molecule has 0 saturated carbocycles. The van der Waals surface area contributed by atoms with Crippen molar-refractivity contribution in [3.05, 3.63) is 23.3 Å². The third kappa shape index (κ3) is 2.80. The molecule has 0 aliphatic carbocycles. The van der Waals surface area contributed by atoms with E-state index in [4.69, 9.17) is 5.11 Å². The summed E-state index contributed by atoms with van der Waals surface area (Å²) in [6, 6.07) is 0.821. The van der Waals surface area contributed by atoms with Crippen LogP contribution in [0.3, 0.4) is 0 Å². The topological polar surface area (TPSA) is 20.2 Å². The predicted molar refractivity (Wildman–Crippen MR) is 49.9 cm³/mol. The van der Waals surface area contributed by atoms with E-state index >= 15 is 0 Å². The molecule has 1 nitrogen and oxygen atoms in total. The number of hydrogen-bond donors (Lipinski definition) is 1. The van der Waals surface area contributed by atoms with Crippen LogP contribution in [0.25, 0.3) is 0 Å². The highest BCUT2D eigenvalue weighted by Gasteiger charge is 2.45. The summed E-state index contributed by atoms with van der Waals surface area (Å²) in [6.45, 7) is 0. The van der Waals surface area contributed by atoms with E-state index in [-0.39, 0.29) is 6.07 Å². The number of alkyl halides is 6. The Balaban J connectivity index is 3.64. The van der Waals surface area contributed by atoms with Gasteiger partial charge in [0, 0.05) is 0 Å². The number of hydrogen-bond acceptors (Lipinski definition) is 2. The monoisotopic (exact) mass is 276 g/mol. The Labute approximate surface area is 96.4 Å². The molecule has 0 radical (unpaired) electrons. The van der Waals surface area contributed by atoms with Crippen LogP contribution in [0.2, 0.25) is 0 Å². The quantitative estimate of drug-likeness (QED) is 0.614. The second-order valence-electron chi connectivity index (χ2n) is 3.04. The standard InChI is InChI=1S/C9H6F6OS/c1-17-7-5(16)3-2-4(8(10,11)12)6(7)9(13,14)15/h2-3,16H,1H3. The molecule has 0 fully saturated rings. The van der Waals surface area contributed by atoms with Gasteiger partial charge in [-0.1, -0.05) is 0 Å². The zero-order valence-corrected chi connectivity index (χ0v) is 9.09. The molecular formula is C9H6F6OS. The van der Waals surface area contributed by atoms with Crippen LogP contribution in [0.4, 0.5) is 26.3 Å². The summed E-state index contributed by atoms with van der Waals surface area (Å²) in [4.78, 5) is -0.827. The molecule has 1 N–H and O–H groups in total. The molecule has 0 atom stereocenters. The number of benzene rings is 1. The van der Waals surface area contributed by atoms with E-state index in [1.807, 2.05) is 0 Å². The van der Waals surface area contributed by atoms with Crippen LogP contribution >= 0.6 is 11.8 Å². The number of aromatic hydroxyl groups is 1. The average molecular weight is 276 g/mol. The Morgan fingerprint density at radius 2 is 1.53 bits per heavy atom. The van der Waals surface area contributed by atoms with Crippen LogP contribution in [-0.4, -0.2) is 11.4 Å². The fourth-order valence-corrected chi connectivity index (χ4v) is 2.00. The molecule has 0 aliphatic heterocycles. The second kappa shape index (κ2) is 4.32. The summed E-state index contributed by atoms with van der Waals surface area (Å²) < 4.78 is 75.1. The molecule has 0 amide bonds. The SMILES string of the molecule is CSc1c(O)ccc(C(F)(F)F)c1C(F)(F)F. The number of thioether (sulfide) groups is 1. The van der Waals surface area contributed by atoms with Crippen molar-refractivity contribution in [1.82, 2.24) is 0 Å². The van der Waals surface area contributed by atoms with Crippen LogP contribution < -0.4 is 0 Å². The van der Waals surface area contributed by atoms with Crippen LogP contribution in [0.5, 0.6) is 5.75 Å². The largest absolute Gasteiger partial charge is 0.507 e. The maximum atomic E-state index is 12.6. The van der Waals surface area contributed by atoms with Gasteiger partial charge in [-0.3, -0.25) is 0 Å². The molecule has 0 unspecified atom stereocenters. The number of halogens is 6. The summed E-state index contributed by atoms with van der Waals surface area (Å²) >= 11 is 0.409. The van der Waals surface area contributed by atoms with Crippen LogP contribution in [0, 0.1) is 0 Å². The number of rotatable bonds is 1. The molecule has 0 heterocycles. The van der Waals surface area contributed by atoms with Gasteiger partial charge in [-0.15, -0.1) is 11.8 Å². The summed E-state index contributed by atoms with van der Waals surface area (Å²) in [6.07, 6.45) is -9.14. The number of phenolic OH excluding ortho intramolecular Hbond substituents is 1. The first kappa shape index (κ1) is 14.0. The molecule has 17 heavy (non-hydrogen) atoms. The smallest absolute Gasteiger partial charge is 0.418 e. The lowest BCUT2D eigenvalue weighted by Gasteiger charge is -2.18. The normalized spacial score (nSPS) is 12.9. The van der Waals surface area contributed by atoms with Gasteiger partial charge in [0.25, 0.3) is 0 Å². The highest BCUT2D eigenvalue weighted by molar-refractivity contribution is 7.98. The van der Waals surface area contributed by atoms with E-state index in [1.54, 1.807) is 0 Å². The van der Waals surface area contributed by atoms with Gasteiger partial charge in [0.05, 0.1) is 16.0 Å². The molecule has 96 valence electrons. The van der Waals surface area contributed by atoms with E-state index < -0.39 is 34.1 Å². The number of phenols is 1. The van der Waals surface area contributed by atoms with E-state index in [2.05, 4.69) is 0 Å². The maximum Gasteiger partial charge on any atom is 0.418 e. The summed E-state index contributed by atoms with van der Waals surface area (Å²) in [5.74, 6) is -0.821. The predicted octanol–water partition coefficient (Wildman–Crippen LogP) is 4.15. The van der Waals surface area contributed by atoms with Crippen molar-refractivity contribution in [3.8, 4) is 5.75 Å². The molecule has 1 aromatic rings. The Bertz CT molecular complexity index is 423. The lowest BCUT2D eigenvalue weighted by Crippen LogP contribution is -2.17. The molecular weight excluding hydrogens is 270 g/mol. The first-order chi connectivity index (χ1) is 7.59. The summed E-state index contributed by atoms with van der Waals surface area (Å²) in [7, 11) is 0. The zero-order valence-electron chi connectivity index (χ0n) is 8.28. The molecule has 0 saturated heterocycles. The average Bonchev–Trinajstić information content (AvgIpc) is 2.13. The Hall–Kier alpha value is -1.05. The van der Waals surface area contributed by atoms with Crippen LogP contribution in [0.1, 0.15) is 11.1 Å². The molecule has 0 aliphatic rings. The highest BCUT2D eigenvalue weighted by atomic mass is 32.2. The van der Waals surface area contributed by atoms with E-state index in [1.165, 1.54) is 0 Å². The van der Waals surface area contributed by atoms with Gasteiger partial charge in [0.1, 0.15) is 5.75 Å². The Morgan fingerprint density at radius 3 is 1.88 bits per heavy atom. The van der Waals surface area contributed by atoms with E-state index in [0.717, 1.165) is 6.26 Å². The van der Waals surface area contributed by atoms with Crippen molar-refractivity contribution in [2.24, 2.45) is 0 Å². The Morgan fingerprint density at radius 1 is 1.00 bits per heavy atom. The van der Waals surface area contributed by atoms with Crippen molar-refractivity contribution in [1.29, 1.82) is 0 Å². The van der Waals surface area contributed by atoms with Crippen molar-refractivity contribution in [2.45, 2.75) is 17.2 Å². The van der Waals surface area contributed by atoms with Crippen molar-refractivity contribution in [3.63, 3.8) is 0 Å². The van der Waals surface area contributed by atoms with Gasteiger partial charge in [-0.2, -0.15) is 26.3 Å². The van der Waals surface area contributed by atoms with Gasteiger partial charge in [-0.05, 0) is 18.4 Å². The van der Waals surface area contributed by atoms with Gasteiger partial charge in [-0.25, -0.2) is 0 Å². The van der Waals surface area contributed by atoms with E-state index in [9.17, 15) is 26.3 Å². The molecule has 8 heteroatoms. The van der Waals surface area contributed by atoms with Gasteiger partial charge in [0.15, 0.2) is 0 Å². The zero-order chi connectivity index (χ0) is 13.4. The summed E-state index contributed by atoms with van der Waals surface area (Å²) in [5.41, 5.74) is -3.65. The first-order valence-corrected chi connectivity index (χ1v) is 5.36. The molecule has 0 bridgehead atoms. The molecule has 0 aromatic heterocycles. The highest BCUT2D eigenvalue weighted by Crippen LogP contribution is 2.47. The minimum Gasteiger partial charge on any atom is -0.507 e. The van der Waals surface area contributed by atoms with Crippen molar-refractivity contribution >= 4 is 11.8 Å². The van der Waals surface area contributed by atoms with E-state index in [0.29, 0.717) is 17.8 Å². The fourth-order valence-electron chi connectivity index (χ4n) is 1.30. The third-order valence-corrected chi connectivity index (χ3v) is 2.75. The summed E-state index contributed by atoms with van der Waals surface area (Å²) in [5, 5.41) is 9.16. The van der Waals surface area contributed by atoms with Gasteiger partial charge >= 0.3 is 12.4 Å². The fraction of sp³-hybridized carbons (Fsp3) is 0.333. The first-order valence-electron chi connectivity index (χ1n) is 4.13. The molecule has 0 spiro atoms. The van der Waals surface area contributed by atoms with Gasteiger partial charge in [0.2, 0.25) is 0 Å². The van der Waals surface area contributed by atoms with Crippen LogP contribution in [0.15, 0.2) is 17.0 Å². The third-order valence-electron chi connectivity index (χ3n) is 1.93. The van der Waals surface area contributed by atoms with Crippen molar-refractivity contribution in [2.75, 3.05) is 6.26 Å². The Kier molecular flexibility index (Phi) is 3.56. The van der Waals surface area contributed by atoms with Crippen molar-refractivity contribution < 1.29 is 31.4 Å². The minimum atomic E-state index is -5.18.